The Bertz CT molecular complexity index is 518. The van der Waals surface area contributed by atoms with Crippen molar-refractivity contribution in [2.75, 3.05) is 24.7 Å². The number of amides is 1. The molecule has 1 amide bonds. The van der Waals surface area contributed by atoms with Crippen LogP contribution in [-0.2, 0) is 9.53 Å². The maximum Gasteiger partial charge on any atom is 0.245 e. The summed E-state index contributed by atoms with van der Waals surface area (Å²) in [7, 11) is 0. The molecule has 1 aliphatic rings. The highest BCUT2D eigenvalue weighted by molar-refractivity contribution is 7.80. The number of anilines is 1. The lowest BCUT2D eigenvalue weighted by molar-refractivity contribution is -0.125. The molecular weight excluding hydrogens is 288 g/mol. The molecule has 1 aromatic heterocycles. The molecule has 114 valence electrons. The second-order valence-electron chi connectivity index (χ2n) is 5.22. The SMILES string of the molecule is CC(C)NC(=O)C1COCCN1c1ccc(C(N)=S)cn1. The minimum Gasteiger partial charge on any atom is -0.389 e. The predicted molar refractivity (Wildman–Crippen MR) is 85.4 cm³/mol. The van der Waals surface area contributed by atoms with Gasteiger partial charge in [0.25, 0.3) is 0 Å². The summed E-state index contributed by atoms with van der Waals surface area (Å²) in [6.45, 7) is 5.42. The summed E-state index contributed by atoms with van der Waals surface area (Å²) in [6, 6.07) is 3.36. The molecule has 1 aliphatic heterocycles. The van der Waals surface area contributed by atoms with Gasteiger partial charge in [-0.1, -0.05) is 12.2 Å². The number of carbonyl (C=O) groups is 1. The molecule has 1 aromatic rings. The number of ether oxygens (including phenoxy) is 1. The number of thiocarbonyl (C=S) groups is 1. The van der Waals surface area contributed by atoms with Gasteiger partial charge >= 0.3 is 0 Å². The predicted octanol–water partition coefficient (Wildman–Crippen LogP) is 0.446. The van der Waals surface area contributed by atoms with E-state index in [4.69, 9.17) is 22.7 Å². The number of rotatable bonds is 4. The molecule has 0 saturated carbocycles. The van der Waals surface area contributed by atoms with Crippen molar-refractivity contribution in [2.45, 2.75) is 25.9 Å². The molecule has 0 aliphatic carbocycles. The number of carbonyl (C=O) groups excluding carboxylic acids is 1. The minimum atomic E-state index is -0.371. The van der Waals surface area contributed by atoms with Gasteiger partial charge in [0.05, 0.1) is 13.2 Å². The van der Waals surface area contributed by atoms with Crippen molar-refractivity contribution in [1.29, 1.82) is 0 Å². The van der Waals surface area contributed by atoms with Crippen molar-refractivity contribution in [3.63, 3.8) is 0 Å². The third-order valence-electron chi connectivity index (χ3n) is 3.19. The van der Waals surface area contributed by atoms with E-state index in [2.05, 4.69) is 10.3 Å². The molecule has 0 spiro atoms. The molecule has 1 fully saturated rings. The van der Waals surface area contributed by atoms with Gasteiger partial charge in [0.15, 0.2) is 0 Å². The van der Waals surface area contributed by atoms with Gasteiger partial charge in [0.2, 0.25) is 5.91 Å². The van der Waals surface area contributed by atoms with Crippen LogP contribution in [0.3, 0.4) is 0 Å². The molecule has 1 atom stereocenters. The number of hydrogen-bond acceptors (Lipinski definition) is 5. The van der Waals surface area contributed by atoms with E-state index in [0.717, 1.165) is 5.82 Å². The van der Waals surface area contributed by atoms with E-state index in [9.17, 15) is 4.79 Å². The number of nitrogens with one attached hydrogen (secondary N) is 1. The van der Waals surface area contributed by atoms with Gasteiger partial charge in [-0.25, -0.2) is 4.98 Å². The Morgan fingerprint density at radius 3 is 2.90 bits per heavy atom. The molecule has 0 aromatic carbocycles. The van der Waals surface area contributed by atoms with E-state index >= 15 is 0 Å². The highest BCUT2D eigenvalue weighted by Crippen LogP contribution is 2.18. The Balaban J connectivity index is 2.18. The topological polar surface area (TPSA) is 80.5 Å². The molecular formula is C14H20N4O2S. The van der Waals surface area contributed by atoms with Crippen LogP contribution in [0.4, 0.5) is 5.82 Å². The standard InChI is InChI=1S/C14H20N4O2S/c1-9(2)17-14(19)11-8-20-6-5-18(11)12-4-3-10(7-16-12)13(15)21/h3-4,7,9,11H,5-6,8H2,1-2H3,(H2,15,21)(H,17,19). The molecule has 1 saturated heterocycles. The van der Waals surface area contributed by atoms with E-state index in [1.54, 1.807) is 6.20 Å². The van der Waals surface area contributed by atoms with Crippen LogP contribution in [0.25, 0.3) is 0 Å². The molecule has 6 nitrogen and oxygen atoms in total. The fourth-order valence-corrected chi connectivity index (χ4v) is 2.30. The Morgan fingerprint density at radius 1 is 1.57 bits per heavy atom. The van der Waals surface area contributed by atoms with E-state index in [-0.39, 0.29) is 18.0 Å². The number of pyridine rings is 1. The normalized spacial score (nSPS) is 18.6. The molecule has 0 bridgehead atoms. The van der Waals surface area contributed by atoms with Crippen LogP contribution in [0.1, 0.15) is 19.4 Å². The lowest BCUT2D eigenvalue weighted by atomic mass is 10.2. The number of hydrogen-bond donors (Lipinski definition) is 2. The largest absolute Gasteiger partial charge is 0.389 e. The van der Waals surface area contributed by atoms with Crippen LogP contribution in [0.15, 0.2) is 18.3 Å². The zero-order valence-corrected chi connectivity index (χ0v) is 13.0. The monoisotopic (exact) mass is 308 g/mol. The maximum absolute atomic E-state index is 12.3. The first-order chi connectivity index (χ1) is 9.99. The van der Waals surface area contributed by atoms with Gasteiger partial charge in [-0.15, -0.1) is 0 Å². The Kier molecular flexibility index (Phi) is 5.08. The minimum absolute atomic E-state index is 0.0510. The van der Waals surface area contributed by atoms with Gasteiger partial charge in [-0.2, -0.15) is 0 Å². The van der Waals surface area contributed by atoms with Gasteiger partial charge in [-0.05, 0) is 26.0 Å². The smallest absolute Gasteiger partial charge is 0.245 e. The van der Waals surface area contributed by atoms with Crippen LogP contribution in [-0.4, -0.2) is 47.7 Å². The molecule has 3 N–H and O–H groups in total. The fourth-order valence-electron chi connectivity index (χ4n) is 2.18. The lowest BCUT2D eigenvalue weighted by Crippen LogP contribution is -2.55. The Morgan fingerprint density at radius 2 is 2.33 bits per heavy atom. The summed E-state index contributed by atoms with van der Waals surface area (Å²) in [5.41, 5.74) is 6.28. The van der Waals surface area contributed by atoms with Crippen LogP contribution in [0.5, 0.6) is 0 Å². The van der Waals surface area contributed by atoms with E-state index in [0.29, 0.717) is 30.3 Å². The highest BCUT2D eigenvalue weighted by Gasteiger charge is 2.30. The molecule has 2 rings (SSSR count). The van der Waals surface area contributed by atoms with Crippen molar-refractivity contribution in [3.05, 3.63) is 23.9 Å². The first kappa shape index (κ1) is 15.7. The summed E-state index contributed by atoms with van der Waals surface area (Å²) in [6.07, 6.45) is 1.63. The third-order valence-corrected chi connectivity index (χ3v) is 3.42. The second kappa shape index (κ2) is 6.82. The average Bonchev–Trinajstić information content (AvgIpc) is 2.46. The maximum atomic E-state index is 12.3. The zero-order valence-electron chi connectivity index (χ0n) is 12.2. The quantitative estimate of drug-likeness (QED) is 0.786. The molecule has 0 radical (unpaired) electrons. The van der Waals surface area contributed by atoms with Gasteiger partial charge in [-0.3, -0.25) is 4.79 Å². The van der Waals surface area contributed by atoms with Crippen LogP contribution >= 0.6 is 12.2 Å². The first-order valence-corrected chi connectivity index (χ1v) is 7.30. The Hall–Kier alpha value is -1.73. The summed E-state index contributed by atoms with van der Waals surface area (Å²) in [5.74, 6) is 0.673. The third kappa shape index (κ3) is 3.89. The van der Waals surface area contributed by atoms with Crippen LogP contribution in [0.2, 0.25) is 0 Å². The van der Waals surface area contributed by atoms with Gasteiger partial charge in [0, 0.05) is 24.3 Å². The summed E-state index contributed by atoms with van der Waals surface area (Å²) < 4.78 is 5.43. The highest BCUT2D eigenvalue weighted by atomic mass is 32.1. The summed E-state index contributed by atoms with van der Waals surface area (Å²) >= 11 is 4.91. The lowest BCUT2D eigenvalue weighted by Gasteiger charge is -2.35. The van der Waals surface area contributed by atoms with Crippen molar-refractivity contribution >= 4 is 28.9 Å². The number of aromatic nitrogens is 1. The van der Waals surface area contributed by atoms with E-state index in [1.165, 1.54) is 0 Å². The van der Waals surface area contributed by atoms with Crippen molar-refractivity contribution in [3.8, 4) is 0 Å². The second-order valence-corrected chi connectivity index (χ2v) is 5.66. The first-order valence-electron chi connectivity index (χ1n) is 6.89. The number of nitrogens with zero attached hydrogens (tertiary/aromatic N) is 2. The number of morpholine rings is 1. The van der Waals surface area contributed by atoms with Crippen molar-refractivity contribution in [1.82, 2.24) is 10.3 Å². The summed E-state index contributed by atoms with van der Waals surface area (Å²) in [5, 5.41) is 2.91. The summed E-state index contributed by atoms with van der Waals surface area (Å²) in [4.78, 5) is 18.9. The van der Waals surface area contributed by atoms with Crippen molar-refractivity contribution in [2.24, 2.45) is 5.73 Å². The average molecular weight is 308 g/mol. The molecule has 1 unspecified atom stereocenters. The molecule has 21 heavy (non-hydrogen) atoms. The van der Waals surface area contributed by atoms with Crippen LogP contribution in [0, 0.1) is 0 Å². The molecule has 7 heteroatoms. The van der Waals surface area contributed by atoms with Crippen LogP contribution < -0.4 is 16.0 Å². The van der Waals surface area contributed by atoms with Gasteiger partial charge in [0.1, 0.15) is 16.8 Å². The van der Waals surface area contributed by atoms with Gasteiger partial charge < -0.3 is 20.7 Å². The number of nitrogens with two attached hydrogens (primary N) is 1. The van der Waals surface area contributed by atoms with Crippen molar-refractivity contribution < 1.29 is 9.53 Å². The van der Waals surface area contributed by atoms with E-state index < -0.39 is 0 Å². The zero-order chi connectivity index (χ0) is 15.4. The van der Waals surface area contributed by atoms with E-state index in [1.807, 2.05) is 30.9 Å². The Labute approximate surface area is 129 Å². The molecule has 2 heterocycles. The fraction of sp³-hybridized carbons (Fsp3) is 0.500.